The molecule has 3 nitrogen and oxygen atoms in total. The summed E-state index contributed by atoms with van der Waals surface area (Å²) in [4.78, 5) is 16.6. The number of hydrogen-bond donors (Lipinski definition) is 1. The fourth-order valence-corrected chi connectivity index (χ4v) is 2.79. The Morgan fingerprint density at radius 3 is 2.89 bits per heavy atom. The SMILES string of the molecule is O=C(NC1CCc2cc(Br)cnc21)c1ccccc1. The van der Waals surface area contributed by atoms with Crippen LogP contribution in [0.25, 0.3) is 0 Å². The number of nitrogens with zero attached hydrogens (tertiary/aromatic N) is 1. The summed E-state index contributed by atoms with van der Waals surface area (Å²) in [5.74, 6) is -0.0387. The lowest BCUT2D eigenvalue weighted by atomic mass is 10.1. The molecule has 1 aromatic carbocycles. The van der Waals surface area contributed by atoms with Gasteiger partial charge in [-0.2, -0.15) is 0 Å². The smallest absolute Gasteiger partial charge is 0.251 e. The van der Waals surface area contributed by atoms with E-state index in [1.54, 1.807) is 6.20 Å². The summed E-state index contributed by atoms with van der Waals surface area (Å²) in [5, 5.41) is 3.05. The van der Waals surface area contributed by atoms with Gasteiger partial charge in [-0.05, 0) is 52.5 Å². The number of benzene rings is 1. The number of fused-ring (bicyclic) bond motifs is 1. The first-order chi connectivity index (χ1) is 9.24. The minimum Gasteiger partial charge on any atom is -0.344 e. The molecule has 19 heavy (non-hydrogen) atoms. The van der Waals surface area contributed by atoms with E-state index < -0.39 is 0 Å². The molecule has 0 spiro atoms. The zero-order chi connectivity index (χ0) is 13.2. The van der Waals surface area contributed by atoms with Crippen LogP contribution in [0, 0.1) is 0 Å². The van der Waals surface area contributed by atoms with Gasteiger partial charge in [0, 0.05) is 16.2 Å². The number of pyridine rings is 1. The molecule has 96 valence electrons. The number of amides is 1. The number of rotatable bonds is 2. The third kappa shape index (κ3) is 2.54. The molecular formula is C15H13BrN2O. The summed E-state index contributed by atoms with van der Waals surface area (Å²) in [7, 11) is 0. The van der Waals surface area contributed by atoms with Crippen molar-refractivity contribution < 1.29 is 4.79 Å². The van der Waals surface area contributed by atoms with Crippen molar-refractivity contribution in [2.45, 2.75) is 18.9 Å². The average Bonchev–Trinajstić information content (AvgIpc) is 2.82. The predicted molar refractivity (Wildman–Crippen MR) is 76.9 cm³/mol. The van der Waals surface area contributed by atoms with Crippen LogP contribution in [0.5, 0.6) is 0 Å². The van der Waals surface area contributed by atoms with Gasteiger partial charge in [-0.15, -0.1) is 0 Å². The van der Waals surface area contributed by atoms with Crippen LogP contribution in [0.4, 0.5) is 0 Å². The largest absolute Gasteiger partial charge is 0.344 e. The normalized spacial score (nSPS) is 17.0. The van der Waals surface area contributed by atoms with Crippen LogP contribution in [0.2, 0.25) is 0 Å². The van der Waals surface area contributed by atoms with Crippen molar-refractivity contribution in [3.8, 4) is 0 Å². The number of halogens is 1. The van der Waals surface area contributed by atoms with Gasteiger partial charge in [0.1, 0.15) is 0 Å². The molecule has 0 saturated heterocycles. The molecule has 0 radical (unpaired) electrons. The van der Waals surface area contributed by atoms with E-state index in [0.29, 0.717) is 5.56 Å². The molecule has 1 N–H and O–H groups in total. The fraction of sp³-hybridized carbons (Fsp3) is 0.200. The Morgan fingerprint density at radius 1 is 1.32 bits per heavy atom. The average molecular weight is 317 g/mol. The second kappa shape index (κ2) is 5.13. The van der Waals surface area contributed by atoms with Crippen molar-refractivity contribution in [1.82, 2.24) is 10.3 Å². The quantitative estimate of drug-likeness (QED) is 0.924. The molecule has 1 aliphatic rings. The van der Waals surface area contributed by atoms with Gasteiger partial charge in [0.25, 0.3) is 5.91 Å². The molecule has 1 aliphatic carbocycles. The number of aromatic nitrogens is 1. The van der Waals surface area contributed by atoms with Crippen molar-refractivity contribution in [3.05, 3.63) is 63.9 Å². The highest BCUT2D eigenvalue weighted by Gasteiger charge is 2.25. The van der Waals surface area contributed by atoms with Crippen molar-refractivity contribution in [3.63, 3.8) is 0 Å². The third-order valence-electron chi connectivity index (χ3n) is 3.34. The highest BCUT2D eigenvalue weighted by molar-refractivity contribution is 9.10. The summed E-state index contributed by atoms with van der Waals surface area (Å²) in [6.45, 7) is 0. The lowest BCUT2D eigenvalue weighted by Crippen LogP contribution is -2.27. The Morgan fingerprint density at radius 2 is 2.11 bits per heavy atom. The van der Waals surface area contributed by atoms with E-state index in [-0.39, 0.29) is 11.9 Å². The Hall–Kier alpha value is -1.68. The Bertz CT molecular complexity index is 613. The topological polar surface area (TPSA) is 42.0 Å². The first kappa shape index (κ1) is 12.4. The van der Waals surface area contributed by atoms with Crippen molar-refractivity contribution >= 4 is 21.8 Å². The molecule has 1 aromatic heterocycles. The molecule has 0 bridgehead atoms. The second-order valence-electron chi connectivity index (χ2n) is 4.63. The minimum absolute atomic E-state index is 0.0239. The highest BCUT2D eigenvalue weighted by atomic mass is 79.9. The van der Waals surface area contributed by atoms with Crippen LogP contribution in [0.3, 0.4) is 0 Å². The van der Waals surface area contributed by atoms with Gasteiger partial charge in [0.15, 0.2) is 0 Å². The fourth-order valence-electron chi connectivity index (χ4n) is 2.41. The zero-order valence-electron chi connectivity index (χ0n) is 10.3. The summed E-state index contributed by atoms with van der Waals surface area (Å²) in [6.07, 6.45) is 3.66. The number of carbonyl (C=O) groups is 1. The van der Waals surface area contributed by atoms with E-state index >= 15 is 0 Å². The molecule has 0 saturated carbocycles. The molecule has 0 aliphatic heterocycles. The van der Waals surface area contributed by atoms with Gasteiger partial charge in [-0.1, -0.05) is 18.2 Å². The Balaban J connectivity index is 1.78. The maximum atomic E-state index is 12.1. The number of nitrogens with one attached hydrogen (secondary N) is 1. The lowest BCUT2D eigenvalue weighted by molar-refractivity contribution is 0.0936. The van der Waals surface area contributed by atoms with Gasteiger partial charge in [0.2, 0.25) is 0 Å². The molecule has 0 fully saturated rings. The maximum Gasteiger partial charge on any atom is 0.251 e. The standard InChI is InChI=1S/C15H13BrN2O/c16-12-8-11-6-7-13(14(11)17-9-12)18-15(19)10-4-2-1-3-5-10/h1-5,8-9,13H,6-7H2,(H,18,19). The van der Waals surface area contributed by atoms with Gasteiger partial charge in [0.05, 0.1) is 11.7 Å². The van der Waals surface area contributed by atoms with E-state index in [1.165, 1.54) is 5.56 Å². The van der Waals surface area contributed by atoms with Gasteiger partial charge in [-0.25, -0.2) is 0 Å². The van der Waals surface area contributed by atoms with Crippen molar-refractivity contribution in [2.75, 3.05) is 0 Å². The van der Waals surface area contributed by atoms with Gasteiger partial charge < -0.3 is 5.32 Å². The molecule has 4 heteroatoms. The first-order valence-corrected chi connectivity index (χ1v) is 7.03. The third-order valence-corrected chi connectivity index (χ3v) is 3.78. The molecular weight excluding hydrogens is 304 g/mol. The van der Waals surface area contributed by atoms with E-state index in [4.69, 9.17) is 0 Å². The summed E-state index contributed by atoms with van der Waals surface area (Å²) >= 11 is 3.42. The molecule has 1 heterocycles. The molecule has 2 aromatic rings. The van der Waals surface area contributed by atoms with Crippen molar-refractivity contribution in [2.24, 2.45) is 0 Å². The van der Waals surface area contributed by atoms with Gasteiger partial charge >= 0.3 is 0 Å². The maximum absolute atomic E-state index is 12.1. The molecule has 1 atom stereocenters. The van der Waals surface area contributed by atoms with Crippen LogP contribution in [-0.2, 0) is 6.42 Å². The first-order valence-electron chi connectivity index (χ1n) is 6.24. The van der Waals surface area contributed by atoms with E-state index in [9.17, 15) is 4.79 Å². The van der Waals surface area contributed by atoms with Crippen LogP contribution in [0.1, 0.15) is 34.1 Å². The van der Waals surface area contributed by atoms with Crippen LogP contribution >= 0.6 is 15.9 Å². The second-order valence-corrected chi connectivity index (χ2v) is 5.54. The summed E-state index contributed by atoms with van der Waals surface area (Å²) < 4.78 is 0.987. The number of aryl methyl sites for hydroxylation is 1. The number of carbonyl (C=O) groups excluding carboxylic acids is 1. The zero-order valence-corrected chi connectivity index (χ0v) is 11.9. The number of hydrogen-bond acceptors (Lipinski definition) is 2. The molecule has 1 amide bonds. The Kier molecular flexibility index (Phi) is 3.34. The minimum atomic E-state index is -0.0387. The summed E-state index contributed by atoms with van der Waals surface area (Å²) in [6, 6.07) is 11.4. The monoisotopic (exact) mass is 316 g/mol. The summed E-state index contributed by atoms with van der Waals surface area (Å²) in [5.41, 5.74) is 2.90. The van der Waals surface area contributed by atoms with E-state index in [2.05, 4.69) is 32.3 Å². The van der Waals surface area contributed by atoms with Crippen LogP contribution in [-0.4, -0.2) is 10.9 Å². The predicted octanol–water partition coefficient (Wildman–Crippen LogP) is 3.26. The highest BCUT2D eigenvalue weighted by Crippen LogP contribution is 2.31. The molecule has 1 unspecified atom stereocenters. The van der Waals surface area contributed by atoms with Crippen LogP contribution < -0.4 is 5.32 Å². The van der Waals surface area contributed by atoms with E-state index in [1.807, 2.05) is 30.3 Å². The van der Waals surface area contributed by atoms with E-state index in [0.717, 1.165) is 23.0 Å². The Labute approximate surface area is 120 Å². The van der Waals surface area contributed by atoms with Gasteiger partial charge in [-0.3, -0.25) is 9.78 Å². The lowest BCUT2D eigenvalue weighted by Gasteiger charge is -2.13. The van der Waals surface area contributed by atoms with Crippen molar-refractivity contribution in [1.29, 1.82) is 0 Å². The molecule has 3 rings (SSSR count). The van der Waals surface area contributed by atoms with Crippen LogP contribution in [0.15, 0.2) is 47.1 Å².